The quantitative estimate of drug-likeness (QED) is 0.733. The standard InChI is InChI=1S/C9H9ClF3NO/c1-5(2)6-3-4-7(14-8(6)10)15-9(11,12)13/h3-5H,1-2H3. The summed E-state index contributed by atoms with van der Waals surface area (Å²) in [5.74, 6) is -0.443. The first-order valence-electron chi connectivity index (χ1n) is 4.22. The Bertz CT molecular complexity index is 352. The number of pyridine rings is 1. The van der Waals surface area contributed by atoms with Gasteiger partial charge in [0.05, 0.1) is 0 Å². The van der Waals surface area contributed by atoms with Crippen molar-refractivity contribution in [2.24, 2.45) is 0 Å². The molecule has 0 N–H and O–H groups in total. The van der Waals surface area contributed by atoms with Crippen molar-refractivity contribution >= 4 is 11.6 Å². The average molecular weight is 240 g/mol. The number of halogens is 4. The molecular formula is C9H9ClF3NO. The maximum Gasteiger partial charge on any atom is 0.574 e. The smallest absolute Gasteiger partial charge is 0.388 e. The van der Waals surface area contributed by atoms with Crippen LogP contribution < -0.4 is 4.74 Å². The zero-order valence-electron chi connectivity index (χ0n) is 8.10. The molecule has 0 unspecified atom stereocenters. The number of aromatic nitrogens is 1. The van der Waals surface area contributed by atoms with E-state index in [2.05, 4.69) is 9.72 Å². The SMILES string of the molecule is CC(C)c1ccc(OC(F)(F)F)nc1Cl. The van der Waals surface area contributed by atoms with Crippen LogP contribution in [0.1, 0.15) is 25.3 Å². The molecule has 1 aromatic rings. The van der Waals surface area contributed by atoms with Crippen molar-refractivity contribution in [2.75, 3.05) is 0 Å². The summed E-state index contributed by atoms with van der Waals surface area (Å²) in [6.45, 7) is 3.74. The number of ether oxygens (including phenoxy) is 1. The van der Waals surface area contributed by atoms with Gasteiger partial charge in [0, 0.05) is 6.07 Å². The minimum atomic E-state index is -4.74. The van der Waals surface area contributed by atoms with Gasteiger partial charge in [0.2, 0.25) is 5.88 Å². The Kier molecular flexibility index (Phi) is 3.44. The first kappa shape index (κ1) is 12.1. The molecule has 0 bridgehead atoms. The van der Waals surface area contributed by atoms with Gasteiger partial charge in [0.15, 0.2) is 0 Å². The summed E-state index contributed by atoms with van der Waals surface area (Å²) in [5.41, 5.74) is 0.686. The van der Waals surface area contributed by atoms with Crippen molar-refractivity contribution < 1.29 is 17.9 Å². The summed E-state index contributed by atoms with van der Waals surface area (Å²) in [7, 11) is 0. The van der Waals surface area contributed by atoms with Gasteiger partial charge >= 0.3 is 6.36 Å². The number of nitrogens with zero attached hydrogens (tertiary/aromatic N) is 1. The van der Waals surface area contributed by atoms with Crippen molar-refractivity contribution in [3.8, 4) is 5.88 Å². The number of rotatable bonds is 2. The van der Waals surface area contributed by atoms with Gasteiger partial charge in [-0.2, -0.15) is 0 Å². The van der Waals surface area contributed by atoms with E-state index in [1.165, 1.54) is 6.07 Å². The third kappa shape index (κ3) is 3.58. The highest BCUT2D eigenvalue weighted by Gasteiger charge is 2.32. The molecule has 0 spiro atoms. The normalized spacial score (nSPS) is 11.9. The first-order chi connectivity index (χ1) is 6.79. The molecule has 0 saturated carbocycles. The second-order valence-corrected chi connectivity index (χ2v) is 3.59. The zero-order valence-corrected chi connectivity index (χ0v) is 8.86. The molecule has 1 aromatic heterocycles. The number of hydrogen-bond donors (Lipinski definition) is 0. The maximum atomic E-state index is 11.8. The van der Waals surface area contributed by atoms with E-state index in [0.29, 0.717) is 5.56 Å². The Morgan fingerprint density at radius 2 is 1.93 bits per heavy atom. The van der Waals surface area contributed by atoms with Gasteiger partial charge < -0.3 is 4.74 Å². The van der Waals surface area contributed by atoms with Crippen LogP contribution in [0.5, 0.6) is 5.88 Å². The van der Waals surface area contributed by atoms with Crippen LogP contribution in [0.4, 0.5) is 13.2 Å². The molecule has 6 heteroatoms. The van der Waals surface area contributed by atoms with Crippen LogP contribution in [0.25, 0.3) is 0 Å². The number of hydrogen-bond acceptors (Lipinski definition) is 2. The Balaban J connectivity index is 2.92. The highest BCUT2D eigenvalue weighted by molar-refractivity contribution is 6.30. The summed E-state index contributed by atoms with van der Waals surface area (Å²) in [5, 5.41) is 0.0340. The molecule has 0 atom stereocenters. The lowest BCUT2D eigenvalue weighted by Gasteiger charge is -2.11. The molecule has 0 fully saturated rings. The lowest BCUT2D eigenvalue weighted by molar-refractivity contribution is -0.276. The van der Waals surface area contributed by atoms with E-state index in [0.717, 1.165) is 6.07 Å². The highest BCUT2D eigenvalue weighted by atomic mass is 35.5. The molecule has 1 heterocycles. The molecule has 0 aliphatic carbocycles. The van der Waals surface area contributed by atoms with E-state index in [9.17, 15) is 13.2 Å². The predicted octanol–water partition coefficient (Wildman–Crippen LogP) is 3.76. The van der Waals surface area contributed by atoms with Crippen molar-refractivity contribution in [3.05, 3.63) is 22.8 Å². The predicted molar refractivity (Wildman–Crippen MR) is 50.0 cm³/mol. The largest absolute Gasteiger partial charge is 0.574 e. The van der Waals surface area contributed by atoms with Crippen LogP contribution in [0.3, 0.4) is 0 Å². The molecular weight excluding hydrogens is 231 g/mol. The highest BCUT2D eigenvalue weighted by Crippen LogP contribution is 2.27. The fraction of sp³-hybridized carbons (Fsp3) is 0.444. The number of alkyl halides is 3. The zero-order chi connectivity index (χ0) is 11.6. The van der Waals surface area contributed by atoms with Crippen LogP contribution in [-0.2, 0) is 0 Å². The van der Waals surface area contributed by atoms with Crippen molar-refractivity contribution in [2.45, 2.75) is 26.1 Å². The summed E-state index contributed by atoms with van der Waals surface area (Å²) >= 11 is 5.69. The average Bonchev–Trinajstić information content (AvgIpc) is 1.99. The second-order valence-electron chi connectivity index (χ2n) is 3.23. The Morgan fingerprint density at radius 3 is 2.33 bits per heavy atom. The van der Waals surface area contributed by atoms with Gasteiger partial charge in [-0.1, -0.05) is 31.5 Å². The lowest BCUT2D eigenvalue weighted by atomic mass is 10.1. The molecule has 2 nitrogen and oxygen atoms in total. The van der Waals surface area contributed by atoms with E-state index in [-0.39, 0.29) is 11.1 Å². The van der Waals surface area contributed by atoms with Gasteiger partial charge in [-0.05, 0) is 11.5 Å². The molecule has 0 aromatic carbocycles. The fourth-order valence-corrected chi connectivity index (χ4v) is 1.40. The Hall–Kier alpha value is -0.970. The molecule has 0 aliphatic heterocycles. The lowest BCUT2D eigenvalue weighted by Crippen LogP contribution is -2.18. The molecule has 84 valence electrons. The summed E-state index contributed by atoms with van der Waals surface area (Å²) in [6, 6.07) is 2.62. The molecule has 0 amide bonds. The fourth-order valence-electron chi connectivity index (χ4n) is 1.03. The first-order valence-corrected chi connectivity index (χ1v) is 4.59. The van der Waals surface area contributed by atoms with Gasteiger partial charge in [-0.15, -0.1) is 13.2 Å². The van der Waals surface area contributed by atoms with E-state index >= 15 is 0 Å². The van der Waals surface area contributed by atoms with Crippen LogP contribution in [0, 0.1) is 0 Å². The second kappa shape index (κ2) is 4.26. The van der Waals surface area contributed by atoms with Gasteiger partial charge in [0.25, 0.3) is 0 Å². The Morgan fingerprint density at radius 1 is 1.33 bits per heavy atom. The molecule has 1 rings (SSSR count). The molecule has 0 radical (unpaired) electrons. The van der Waals surface area contributed by atoms with E-state index < -0.39 is 12.2 Å². The summed E-state index contributed by atoms with van der Waals surface area (Å²) in [6.07, 6.45) is -4.74. The van der Waals surface area contributed by atoms with E-state index in [1.54, 1.807) is 0 Å². The third-order valence-corrected chi connectivity index (χ3v) is 2.00. The van der Waals surface area contributed by atoms with Crippen LogP contribution in [0.2, 0.25) is 5.15 Å². The van der Waals surface area contributed by atoms with E-state index in [4.69, 9.17) is 11.6 Å². The molecule has 0 saturated heterocycles. The van der Waals surface area contributed by atoms with Crippen molar-refractivity contribution in [3.63, 3.8) is 0 Å². The summed E-state index contributed by atoms with van der Waals surface area (Å²) in [4.78, 5) is 3.50. The van der Waals surface area contributed by atoms with Gasteiger partial charge in [-0.3, -0.25) is 0 Å². The molecule has 0 aliphatic rings. The van der Waals surface area contributed by atoms with Crippen molar-refractivity contribution in [1.29, 1.82) is 0 Å². The third-order valence-electron chi connectivity index (χ3n) is 1.69. The van der Waals surface area contributed by atoms with E-state index in [1.807, 2.05) is 13.8 Å². The topological polar surface area (TPSA) is 22.1 Å². The minimum absolute atomic E-state index is 0.0340. The van der Waals surface area contributed by atoms with Crippen LogP contribution in [0.15, 0.2) is 12.1 Å². The van der Waals surface area contributed by atoms with Gasteiger partial charge in [-0.25, -0.2) is 4.98 Å². The monoisotopic (exact) mass is 239 g/mol. The van der Waals surface area contributed by atoms with Gasteiger partial charge in [0.1, 0.15) is 5.15 Å². The van der Waals surface area contributed by atoms with Crippen LogP contribution >= 0.6 is 11.6 Å². The minimum Gasteiger partial charge on any atom is -0.388 e. The van der Waals surface area contributed by atoms with Crippen LogP contribution in [-0.4, -0.2) is 11.3 Å². The maximum absolute atomic E-state index is 11.8. The molecule has 15 heavy (non-hydrogen) atoms. The Labute approximate surface area is 90.0 Å². The van der Waals surface area contributed by atoms with Crippen molar-refractivity contribution in [1.82, 2.24) is 4.98 Å². The summed E-state index contributed by atoms with van der Waals surface area (Å²) < 4.78 is 39.1.